The Kier molecular flexibility index (Phi) is 8.08. The monoisotopic (exact) mass is 489 g/mol. The highest BCUT2D eigenvalue weighted by atomic mass is 35.5. The van der Waals surface area contributed by atoms with Gasteiger partial charge in [-0.3, -0.25) is 4.98 Å². The fraction of sp³-hybridized carbons (Fsp3) is 0.174. The van der Waals surface area contributed by atoms with Crippen LogP contribution in [0.25, 0.3) is 10.9 Å². The van der Waals surface area contributed by atoms with E-state index in [1.54, 1.807) is 43.8 Å². The van der Waals surface area contributed by atoms with Gasteiger partial charge >= 0.3 is 0 Å². The number of methoxy groups -OCH3 is 1. The Balaban J connectivity index is 0.00000306. The summed E-state index contributed by atoms with van der Waals surface area (Å²) in [5, 5.41) is 3.98. The standard InChI is InChI=1S/C23H21ClFN5O2.ClH/c1-30(16-5-7-26-8-6-16)9-10-32-22-13-20-17(12-21(22)31-2)23(28-14-27-20)29-19-4-3-15(24)11-18(19)25;/h3-8,11-14H,9-10H2,1-2H3,(H,27,28,29);1H. The van der Waals surface area contributed by atoms with Crippen LogP contribution in [0.3, 0.4) is 0 Å². The Hall–Kier alpha value is -3.36. The number of benzene rings is 2. The van der Waals surface area contributed by atoms with Crippen LogP contribution in [0, 0.1) is 5.82 Å². The Labute approximate surface area is 202 Å². The van der Waals surface area contributed by atoms with Gasteiger partial charge in [-0.05, 0) is 36.4 Å². The van der Waals surface area contributed by atoms with Crippen molar-refractivity contribution in [3.05, 3.63) is 72.0 Å². The van der Waals surface area contributed by atoms with E-state index < -0.39 is 5.82 Å². The molecule has 0 saturated heterocycles. The van der Waals surface area contributed by atoms with Crippen molar-refractivity contribution in [2.75, 3.05) is 37.5 Å². The molecular weight excluding hydrogens is 468 g/mol. The van der Waals surface area contributed by atoms with E-state index in [1.807, 2.05) is 19.2 Å². The summed E-state index contributed by atoms with van der Waals surface area (Å²) in [6.45, 7) is 1.10. The summed E-state index contributed by atoms with van der Waals surface area (Å²) in [6.07, 6.45) is 4.91. The van der Waals surface area contributed by atoms with E-state index in [4.69, 9.17) is 21.1 Å². The number of nitrogens with one attached hydrogen (secondary N) is 1. The summed E-state index contributed by atoms with van der Waals surface area (Å²) in [6, 6.07) is 11.8. The Morgan fingerprint density at radius 2 is 1.85 bits per heavy atom. The first-order valence-electron chi connectivity index (χ1n) is 9.84. The molecule has 2 aromatic heterocycles. The zero-order valence-corrected chi connectivity index (χ0v) is 19.5. The maximum absolute atomic E-state index is 14.2. The van der Waals surface area contributed by atoms with E-state index in [2.05, 4.69) is 25.2 Å². The largest absolute Gasteiger partial charge is 0.493 e. The van der Waals surface area contributed by atoms with Gasteiger partial charge in [0.05, 0.1) is 24.9 Å². The molecule has 172 valence electrons. The number of likely N-dealkylation sites (N-methyl/N-ethyl adjacent to an activating group) is 1. The van der Waals surface area contributed by atoms with Crippen LogP contribution in [-0.2, 0) is 0 Å². The number of ether oxygens (including phenoxy) is 2. The number of halogens is 3. The maximum Gasteiger partial charge on any atom is 0.163 e. The summed E-state index contributed by atoms with van der Waals surface area (Å²) >= 11 is 5.84. The van der Waals surface area contributed by atoms with Crippen LogP contribution in [0.4, 0.5) is 21.6 Å². The lowest BCUT2D eigenvalue weighted by atomic mass is 10.2. The number of pyridine rings is 1. The second kappa shape index (κ2) is 11.0. The smallest absolute Gasteiger partial charge is 0.163 e. The summed E-state index contributed by atoms with van der Waals surface area (Å²) in [7, 11) is 3.55. The lowest BCUT2D eigenvalue weighted by molar-refractivity contribution is 0.301. The van der Waals surface area contributed by atoms with Gasteiger partial charge in [-0.15, -0.1) is 12.4 Å². The molecule has 0 bridgehead atoms. The number of hydrogen-bond donors (Lipinski definition) is 1. The average molecular weight is 490 g/mol. The topological polar surface area (TPSA) is 72.4 Å². The third-order valence-corrected chi connectivity index (χ3v) is 5.13. The molecule has 7 nitrogen and oxygen atoms in total. The highest BCUT2D eigenvalue weighted by Crippen LogP contribution is 2.35. The van der Waals surface area contributed by atoms with Crippen LogP contribution < -0.4 is 19.7 Å². The van der Waals surface area contributed by atoms with E-state index in [0.29, 0.717) is 46.4 Å². The minimum Gasteiger partial charge on any atom is -0.493 e. The first-order chi connectivity index (χ1) is 15.5. The molecule has 1 N–H and O–H groups in total. The van der Waals surface area contributed by atoms with Crippen LogP contribution >= 0.6 is 24.0 Å². The molecule has 0 atom stereocenters. The van der Waals surface area contributed by atoms with Crippen molar-refractivity contribution in [2.24, 2.45) is 0 Å². The molecule has 0 amide bonds. The van der Waals surface area contributed by atoms with Crippen LogP contribution in [0.1, 0.15) is 0 Å². The number of anilines is 3. The lowest BCUT2D eigenvalue weighted by Gasteiger charge is -2.20. The van der Waals surface area contributed by atoms with Gasteiger partial charge in [0, 0.05) is 41.6 Å². The molecule has 33 heavy (non-hydrogen) atoms. The summed E-state index contributed by atoms with van der Waals surface area (Å²) in [5.74, 6) is 1.05. The van der Waals surface area contributed by atoms with Gasteiger partial charge in [0.1, 0.15) is 24.6 Å². The minimum absolute atomic E-state index is 0. The van der Waals surface area contributed by atoms with Crippen LogP contribution in [-0.4, -0.2) is 42.3 Å². The van der Waals surface area contributed by atoms with Crippen molar-refractivity contribution in [3.63, 3.8) is 0 Å². The molecule has 4 rings (SSSR count). The zero-order valence-electron chi connectivity index (χ0n) is 18.0. The number of rotatable bonds is 8. The first kappa shape index (κ1) is 24.3. The van der Waals surface area contributed by atoms with E-state index in [9.17, 15) is 4.39 Å². The van der Waals surface area contributed by atoms with Crippen molar-refractivity contribution in [2.45, 2.75) is 0 Å². The minimum atomic E-state index is -0.477. The molecule has 0 fully saturated rings. The lowest BCUT2D eigenvalue weighted by Crippen LogP contribution is -2.23. The van der Waals surface area contributed by atoms with Crippen LogP contribution in [0.2, 0.25) is 5.02 Å². The van der Waals surface area contributed by atoms with Crippen molar-refractivity contribution >= 4 is 52.1 Å². The third-order valence-electron chi connectivity index (χ3n) is 4.89. The molecule has 0 spiro atoms. The van der Waals surface area contributed by atoms with E-state index in [-0.39, 0.29) is 18.1 Å². The molecule has 2 aromatic carbocycles. The van der Waals surface area contributed by atoms with Crippen molar-refractivity contribution < 1.29 is 13.9 Å². The molecule has 0 aliphatic carbocycles. The van der Waals surface area contributed by atoms with Gasteiger partial charge in [0.15, 0.2) is 11.5 Å². The number of hydrogen-bond acceptors (Lipinski definition) is 7. The van der Waals surface area contributed by atoms with Gasteiger partial charge in [0.2, 0.25) is 0 Å². The van der Waals surface area contributed by atoms with Gasteiger partial charge in [-0.25, -0.2) is 14.4 Å². The van der Waals surface area contributed by atoms with Crippen molar-refractivity contribution in [1.29, 1.82) is 0 Å². The highest BCUT2D eigenvalue weighted by Gasteiger charge is 2.13. The third kappa shape index (κ3) is 5.71. The molecule has 0 aliphatic heterocycles. The fourth-order valence-corrected chi connectivity index (χ4v) is 3.33. The normalized spacial score (nSPS) is 10.4. The molecule has 0 radical (unpaired) electrons. The number of fused-ring (bicyclic) bond motifs is 1. The Morgan fingerprint density at radius 1 is 1.06 bits per heavy atom. The Morgan fingerprint density at radius 3 is 2.58 bits per heavy atom. The molecule has 0 saturated carbocycles. The maximum atomic E-state index is 14.2. The second-order valence-corrected chi connectivity index (χ2v) is 7.40. The molecule has 0 unspecified atom stereocenters. The number of aromatic nitrogens is 3. The van der Waals surface area contributed by atoms with Gasteiger partial charge in [-0.2, -0.15) is 0 Å². The predicted molar refractivity (Wildman–Crippen MR) is 131 cm³/mol. The quantitative estimate of drug-likeness (QED) is 0.349. The van der Waals surface area contributed by atoms with Gasteiger partial charge in [-0.1, -0.05) is 11.6 Å². The average Bonchev–Trinajstić information content (AvgIpc) is 2.81. The molecule has 2 heterocycles. The molecule has 4 aromatic rings. The van der Waals surface area contributed by atoms with Gasteiger partial charge < -0.3 is 19.7 Å². The van der Waals surface area contributed by atoms with Gasteiger partial charge in [0.25, 0.3) is 0 Å². The molecular formula is C23H22Cl2FN5O2. The fourth-order valence-electron chi connectivity index (χ4n) is 3.17. The zero-order chi connectivity index (χ0) is 22.5. The Bertz CT molecular complexity index is 1230. The SMILES string of the molecule is COc1cc2c(Nc3ccc(Cl)cc3F)ncnc2cc1OCCN(C)c1ccncc1.Cl. The van der Waals surface area contributed by atoms with Crippen LogP contribution in [0.5, 0.6) is 11.5 Å². The van der Waals surface area contributed by atoms with Crippen molar-refractivity contribution in [1.82, 2.24) is 15.0 Å². The highest BCUT2D eigenvalue weighted by molar-refractivity contribution is 6.30. The predicted octanol–water partition coefficient (Wildman–Crippen LogP) is 5.51. The molecule has 0 aliphatic rings. The van der Waals surface area contributed by atoms with E-state index >= 15 is 0 Å². The summed E-state index contributed by atoms with van der Waals surface area (Å²) < 4.78 is 25.7. The van der Waals surface area contributed by atoms with E-state index in [1.165, 1.54) is 12.4 Å². The second-order valence-electron chi connectivity index (χ2n) is 6.97. The van der Waals surface area contributed by atoms with Crippen LogP contribution in [0.15, 0.2) is 61.2 Å². The van der Waals surface area contributed by atoms with Crippen molar-refractivity contribution in [3.8, 4) is 11.5 Å². The van der Waals surface area contributed by atoms with E-state index in [0.717, 1.165) is 5.69 Å². The molecule has 10 heteroatoms. The summed E-state index contributed by atoms with van der Waals surface area (Å²) in [5.41, 5.74) is 1.94. The first-order valence-corrected chi connectivity index (χ1v) is 10.2. The number of nitrogens with zero attached hydrogens (tertiary/aromatic N) is 4. The summed E-state index contributed by atoms with van der Waals surface area (Å²) in [4.78, 5) is 14.7.